The highest BCUT2D eigenvalue weighted by Gasteiger charge is 2.25. The quantitative estimate of drug-likeness (QED) is 0.552. The predicted molar refractivity (Wildman–Crippen MR) is 116 cm³/mol. The molecule has 0 unspecified atom stereocenters. The van der Waals surface area contributed by atoms with E-state index in [-0.39, 0.29) is 23.2 Å². The number of amides is 1. The second kappa shape index (κ2) is 8.92. The summed E-state index contributed by atoms with van der Waals surface area (Å²) in [6, 6.07) is 15.7. The number of hydrogen-bond donors (Lipinski definition) is 3. The molecule has 2 aromatic carbocycles. The number of aromatic nitrogens is 2. The van der Waals surface area contributed by atoms with E-state index in [1.165, 1.54) is 12.1 Å². The lowest BCUT2D eigenvalue weighted by molar-refractivity contribution is 0.0696. The Balaban J connectivity index is 1.96. The van der Waals surface area contributed by atoms with E-state index in [2.05, 4.69) is 10.3 Å². The van der Waals surface area contributed by atoms with Gasteiger partial charge in [0.2, 0.25) is 0 Å². The number of carbonyl (C=O) groups is 2. The minimum atomic E-state index is -1.06. The van der Waals surface area contributed by atoms with Gasteiger partial charge in [-0.3, -0.25) is 4.79 Å². The highest BCUT2D eigenvalue weighted by molar-refractivity contribution is 6.04. The number of carbonyl (C=O) groups excluding carboxylic acids is 1. The van der Waals surface area contributed by atoms with Crippen LogP contribution in [0, 0.1) is 12.8 Å². The van der Waals surface area contributed by atoms with Crippen LogP contribution in [-0.4, -0.2) is 26.5 Å². The molecule has 0 radical (unpaired) electrons. The molecule has 7 heteroatoms. The number of carboxylic acids is 1. The van der Waals surface area contributed by atoms with Gasteiger partial charge in [-0.1, -0.05) is 50.2 Å². The Morgan fingerprint density at radius 3 is 2.47 bits per heavy atom. The average molecular weight is 406 g/mol. The van der Waals surface area contributed by atoms with E-state index < -0.39 is 11.9 Å². The fraction of sp³-hybridized carbons (Fsp3) is 0.261. The van der Waals surface area contributed by atoms with Crippen LogP contribution < -0.4 is 11.1 Å². The zero-order chi connectivity index (χ0) is 21.8. The van der Waals surface area contributed by atoms with E-state index in [1.807, 2.05) is 55.7 Å². The van der Waals surface area contributed by atoms with E-state index in [4.69, 9.17) is 10.8 Å². The van der Waals surface area contributed by atoms with Gasteiger partial charge in [0.1, 0.15) is 11.5 Å². The van der Waals surface area contributed by atoms with Crippen LogP contribution in [0.4, 0.5) is 5.69 Å². The minimum Gasteiger partial charge on any atom is -0.478 e. The van der Waals surface area contributed by atoms with Gasteiger partial charge >= 0.3 is 5.97 Å². The summed E-state index contributed by atoms with van der Waals surface area (Å²) in [7, 11) is 0. The zero-order valence-electron chi connectivity index (χ0n) is 17.3. The molecule has 3 aromatic rings. The van der Waals surface area contributed by atoms with Gasteiger partial charge in [-0.05, 0) is 36.6 Å². The molecular weight excluding hydrogens is 380 g/mol. The fourth-order valence-electron chi connectivity index (χ4n) is 3.21. The van der Waals surface area contributed by atoms with Crippen LogP contribution in [0.25, 0.3) is 0 Å². The van der Waals surface area contributed by atoms with Crippen molar-refractivity contribution in [3.05, 3.63) is 82.9 Å². The van der Waals surface area contributed by atoms with Crippen molar-refractivity contribution in [2.45, 2.75) is 33.4 Å². The first-order chi connectivity index (χ1) is 14.3. The smallest absolute Gasteiger partial charge is 0.335 e. The van der Waals surface area contributed by atoms with Crippen LogP contribution in [-0.2, 0) is 6.54 Å². The molecule has 1 atom stereocenters. The van der Waals surface area contributed by atoms with E-state index in [9.17, 15) is 9.59 Å². The number of nitrogens with two attached hydrogens (primary N) is 1. The molecular formula is C23H26N4O3. The maximum atomic E-state index is 13.0. The Bertz CT molecular complexity index is 1060. The molecule has 0 aliphatic rings. The molecule has 4 N–H and O–H groups in total. The third kappa shape index (κ3) is 4.58. The van der Waals surface area contributed by atoms with Crippen molar-refractivity contribution in [3.8, 4) is 0 Å². The van der Waals surface area contributed by atoms with Gasteiger partial charge < -0.3 is 20.7 Å². The van der Waals surface area contributed by atoms with E-state index in [0.717, 1.165) is 5.56 Å². The summed E-state index contributed by atoms with van der Waals surface area (Å²) in [5.41, 5.74) is 8.95. The number of benzene rings is 2. The number of nitrogens with zero attached hydrogens (tertiary/aromatic N) is 2. The monoisotopic (exact) mass is 406 g/mol. The summed E-state index contributed by atoms with van der Waals surface area (Å²) in [5.74, 6) is -0.668. The van der Waals surface area contributed by atoms with Crippen LogP contribution in [0.1, 0.15) is 57.8 Å². The van der Waals surface area contributed by atoms with Gasteiger partial charge in [-0.15, -0.1) is 0 Å². The Kier molecular flexibility index (Phi) is 6.32. The molecule has 0 aliphatic heterocycles. The molecule has 0 saturated carbocycles. The summed E-state index contributed by atoms with van der Waals surface area (Å²) in [5, 5.41) is 11.9. The van der Waals surface area contributed by atoms with Crippen molar-refractivity contribution in [1.82, 2.24) is 9.55 Å². The Morgan fingerprint density at radius 1 is 1.13 bits per heavy atom. The van der Waals surface area contributed by atoms with Gasteiger partial charge in [0.15, 0.2) is 0 Å². The maximum Gasteiger partial charge on any atom is 0.335 e. The first-order valence-corrected chi connectivity index (χ1v) is 9.79. The summed E-state index contributed by atoms with van der Waals surface area (Å²) < 4.78 is 1.97. The first kappa shape index (κ1) is 21.3. The molecule has 30 heavy (non-hydrogen) atoms. The van der Waals surface area contributed by atoms with Crippen molar-refractivity contribution in [3.63, 3.8) is 0 Å². The Hall–Kier alpha value is -3.45. The third-order valence-electron chi connectivity index (χ3n) is 5.03. The third-order valence-corrected chi connectivity index (χ3v) is 5.03. The molecule has 0 fully saturated rings. The van der Waals surface area contributed by atoms with E-state index in [0.29, 0.717) is 23.8 Å². The van der Waals surface area contributed by atoms with Gasteiger partial charge in [0, 0.05) is 17.9 Å². The van der Waals surface area contributed by atoms with Crippen LogP contribution >= 0.6 is 0 Å². The molecule has 7 nitrogen and oxygen atoms in total. The number of anilines is 1. The standard InChI is InChI=1S/C23H26N4O3/c1-14(2)19(24)21-26-20(15(3)27(21)13-16-8-5-4-6-9-16)22(28)25-18-11-7-10-17(12-18)23(29)30/h4-12,14,19H,13,24H2,1-3H3,(H,25,28)(H,29,30)/t19-/m0/s1. The predicted octanol–water partition coefficient (Wildman–Crippen LogP) is 3.85. The second-order valence-electron chi connectivity index (χ2n) is 7.59. The molecule has 0 aliphatic carbocycles. The largest absolute Gasteiger partial charge is 0.478 e. The van der Waals surface area contributed by atoms with Gasteiger partial charge in [0.25, 0.3) is 5.91 Å². The summed E-state index contributed by atoms with van der Waals surface area (Å²) in [6.45, 7) is 6.42. The van der Waals surface area contributed by atoms with Crippen molar-refractivity contribution < 1.29 is 14.7 Å². The summed E-state index contributed by atoms with van der Waals surface area (Å²) >= 11 is 0. The molecule has 1 heterocycles. The van der Waals surface area contributed by atoms with E-state index >= 15 is 0 Å². The van der Waals surface area contributed by atoms with Crippen molar-refractivity contribution in [1.29, 1.82) is 0 Å². The molecule has 0 spiro atoms. The van der Waals surface area contributed by atoms with Crippen molar-refractivity contribution in [2.75, 3.05) is 5.32 Å². The number of nitrogens with one attached hydrogen (secondary N) is 1. The van der Waals surface area contributed by atoms with Crippen LogP contribution in [0.3, 0.4) is 0 Å². The van der Waals surface area contributed by atoms with Crippen LogP contribution in [0.5, 0.6) is 0 Å². The summed E-state index contributed by atoms with van der Waals surface area (Å²) in [6.07, 6.45) is 0. The second-order valence-corrected chi connectivity index (χ2v) is 7.59. The minimum absolute atomic E-state index is 0.0987. The fourth-order valence-corrected chi connectivity index (χ4v) is 3.21. The maximum absolute atomic E-state index is 13.0. The molecule has 1 amide bonds. The lowest BCUT2D eigenvalue weighted by atomic mass is 10.0. The number of imidazole rings is 1. The molecule has 0 bridgehead atoms. The lowest BCUT2D eigenvalue weighted by Crippen LogP contribution is -2.22. The average Bonchev–Trinajstić information content (AvgIpc) is 3.04. The number of rotatable bonds is 7. The SMILES string of the molecule is Cc1c(C(=O)Nc2cccc(C(=O)O)c2)nc([C@@H](N)C(C)C)n1Cc1ccccc1. The summed E-state index contributed by atoms with van der Waals surface area (Å²) in [4.78, 5) is 28.7. The van der Waals surface area contributed by atoms with Gasteiger partial charge in [-0.25, -0.2) is 9.78 Å². The molecule has 156 valence electrons. The molecule has 1 aromatic heterocycles. The highest BCUT2D eigenvalue weighted by atomic mass is 16.4. The topological polar surface area (TPSA) is 110 Å². The first-order valence-electron chi connectivity index (χ1n) is 9.79. The molecule has 0 saturated heterocycles. The molecule has 3 rings (SSSR count). The zero-order valence-corrected chi connectivity index (χ0v) is 17.3. The number of aromatic carboxylic acids is 1. The van der Waals surface area contributed by atoms with Crippen molar-refractivity contribution in [2.24, 2.45) is 11.7 Å². The van der Waals surface area contributed by atoms with Gasteiger partial charge in [0.05, 0.1) is 11.6 Å². The Morgan fingerprint density at radius 2 is 1.83 bits per heavy atom. The normalized spacial score (nSPS) is 12.0. The van der Waals surface area contributed by atoms with Crippen LogP contribution in [0.2, 0.25) is 0 Å². The van der Waals surface area contributed by atoms with Crippen molar-refractivity contribution >= 4 is 17.6 Å². The lowest BCUT2D eigenvalue weighted by Gasteiger charge is -2.18. The highest BCUT2D eigenvalue weighted by Crippen LogP contribution is 2.24. The van der Waals surface area contributed by atoms with E-state index in [1.54, 1.807) is 12.1 Å². The van der Waals surface area contributed by atoms with Gasteiger partial charge in [-0.2, -0.15) is 0 Å². The number of carboxylic acid groups (broad SMARTS) is 1. The van der Waals surface area contributed by atoms with Crippen LogP contribution in [0.15, 0.2) is 54.6 Å². The number of hydrogen-bond acceptors (Lipinski definition) is 4. The Labute approximate surface area is 175 Å².